The van der Waals surface area contributed by atoms with Crippen LogP contribution >= 0.6 is 0 Å². The van der Waals surface area contributed by atoms with E-state index in [1.807, 2.05) is 12.1 Å². The van der Waals surface area contributed by atoms with Crippen LogP contribution < -0.4 is 4.90 Å². The summed E-state index contributed by atoms with van der Waals surface area (Å²) in [6.45, 7) is 8.14. The number of nitrogens with zero attached hydrogens (tertiary/aromatic N) is 4. The number of anilines is 1. The quantitative estimate of drug-likeness (QED) is 0.832. The molecule has 1 aromatic heterocycles. The van der Waals surface area contributed by atoms with Gasteiger partial charge in [0.25, 0.3) is 5.91 Å². The standard InChI is InChI=1S/C19H30N4O/c1-4-22(5-2)18-11-10-15(14-20-18)19(24)23-13-7-9-17(23)16-8-6-12-21(16)3/h10-11,14,16-17H,4-9,12-13H2,1-3H3/t16-,17+/m0/s1. The van der Waals surface area contributed by atoms with E-state index in [9.17, 15) is 4.79 Å². The van der Waals surface area contributed by atoms with Gasteiger partial charge in [-0.05, 0) is 65.3 Å². The van der Waals surface area contributed by atoms with Crippen LogP contribution in [0.5, 0.6) is 0 Å². The fourth-order valence-electron chi connectivity index (χ4n) is 4.28. The highest BCUT2D eigenvalue weighted by Crippen LogP contribution is 2.30. The molecule has 5 nitrogen and oxygen atoms in total. The molecule has 0 N–H and O–H groups in total. The van der Waals surface area contributed by atoms with Gasteiger partial charge in [0.05, 0.1) is 5.56 Å². The van der Waals surface area contributed by atoms with Crippen molar-refractivity contribution >= 4 is 11.7 Å². The summed E-state index contributed by atoms with van der Waals surface area (Å²) in [5.41, 5.74) is 0.721. The Balaban J connectivity index is 1.73. The number of hydrogen-bond acceptors (Lipinski definition) is 4. The van der Waals surface area contributed by atoms with E-state index in [4.69, 9.17) is 0 Å². The van der Waals surface area contributed by atoms with Gasteiger partial charge in [-0.3, -0.25) is 4.79 Å². The highest BCUT2D eigenvalue weighted by Gasteiger charge is 2.38. The van der Waals surface area contributed by atoms with Gasteiger partial charge < -0.3 is 14.7 Å². The zero-order chi connectivity index (χ0) is 17.1. The molecule has 0 bridgehead atoms. The minimum absolute atomic E-state index is 0.149. The highest BCUT2D eigenvalue weighted by molar-refractivity contribution is 5.94. The monoisotopic (exact) mass is 330 g/mol. The maximum atomic E-state index is 13.0. The summed E-state index contributed by atoms with van der Waals surface area (Å²) in [5.74, 6) is 1.10. The minimum atomic E-state index is 0.149. The number of rotatable bonds is 5. The van der Waals surface area contributed by atoms with E-state index < -0.39 is 0 Å². The Morgan fingerprint density at radius 1 is 1.17 bits per heavy atom. The van der Waals surface area contributed by atoms with Gasteiger partial charge in [-0.25, -0.2) is 4.98 Å². The molecule has 2 aliphatic rings. The Morgan fingerprint density at radius 2 is 1.88 bits per heavy atom. The molecule has 0 saturated carbocycles. The van der Waals surface area contributed by atoms with Crippen LogP contribution in [0.4, 0.5) is 5.82 Å². The van der Waals surface area contributed by atoms with Crippen molar-refractivity contribution in [2.24, 2.45) is 0 Å². The van der Waals surface area contributed by atoms with Crippen LogP contribution in [-0.4, -0.2) is 66.0 Å². The minimum Gasteiger partial charge on any atom is -0.357 e. The van der Waals surface area contributed by atoms with Gasteiger partial charge >= 0.3 is 0 Å². The van der Waals surface area contributed by atoms with Crippen LogP contribution in [0.25, 0.3) is 0 Å². The lowest BCUT2D eigenvalue weighted by Gasteiger charge is -2.33. The molecule has 2 fully saturated rings. The Hall–Kier alpha value is -1.62. The number of carbonyl (C=O) groups is 1. The average Bonchev–Trinajstić information content (AvgIpc) is 3.24. The predicted octanol–water partition coefficient (Wildman–Crippen LogP) is 2.63. The summed E-state index contributed by atoms with van der Waals surface area (Å²) >= 11 is 0. The molecule has 2 aliphatic heterocycles. The number of carbonyl (C=O) groups excluding carboxylic acids is 1. The molecule has 5 heteroatoms. The van der Waals surface area contributed by atoms with E-state index >= 15 is 0 Å². The van der Waals surface area contributed by atoms with Gasteiger partial charge in [-0.15, -0.1) is 0 Å². The van der Waals surface area contributed by atoms with Crippen LogP contribution in [-0.2, 0) is 0 Å². The molecule has 2 atom stereocenters. The lowest BCUT2D eigenvalue weighted by Crippen LogP contribution is -2.47. The highest BCUT2D eigenvalue weighted by atomic mass is 16.2. The smallest absolute Gasteiger partial charge is 0.255 e. The van der Waals surface area contributed by atoms with E-state index in [1.165, 1.54) is 12.8 Å². The fraction of sp³-hybridized carbons (Fsp3) is 0.684. The molecule has 0 aliphatic carbocycles. The molecule has 0 spiro atoms. The van der Waals surface area contributed by atoms with Gasteiger partial charge in [0.15, 0.2) is 0 Å². The molecule has 3 rings (SSSR count). The first kappa shape index (κ1) is 17.2. The molecular formula is C19H30N4O. The lowest BCUT2D eigenvalue weighted by atomic mass is 10.0. The molecular weight excluding hydrogens is 300 g/mol. The third-order valence-electron chi connectivity index (χ3n) is 5.66. The van der Waals surface area contributed by atoms with Crippen molar-refractivity contribution in [1.82, 2.24) is 14.8 Å². The maximum absolute atomic E-state index is 13.0. The lowest BCUT2D eigenvalue weighted by molar-refractivity contribution is 0.0664. The van der Waals surface area contributed by atoms with E-state index in [0.717, 1.165) is 50.4 Å². The van der Waals surface area contributed by atoms with Gasteiger partial charge in [0.2, 0.25) is 0 Å². The first-order valence-electron chi connectivity index (χ1n) is 9.38. The number of amides is 1. The second-order valence-electron chi connectivity index (χ2n) is 6.98. The summed E-state index contributed by atoms with van der Waals surface area (Å²) in [4.78, 5) is 24.2. The molecule has 3 heterocycles. The molecule has 1 aromatic rings. The third-order valence-corrected chi connectivity index (χ3v) is 5.66. The van der Waals surface area contributed by atoms with Crippen LogP contribution in [0.3, 0.4) is 0 Å². The van der Waals surface area contributed by atoms with Gasteiger partial charge in [-0.1, -0.05) is 0 Å². The second kappa shape index (κ2) is 7.51. The molecule has 132 valence electrons. The molecule has 2 saturated heterocycles. The zero-order valence-electron chi connectivity index (χ0n) is 15.2. The van der Waals surface area contributed by atoms with Crippen LogP contribution in [0.1, 0.15) is 49.9 Å². The summed E-state index contributed by atoms with van der Waals surface area (Å²) < 4.78 is 0. The van der Waals surface area contributed by atoms with Crippen molar-refractivity contribution in [3.63, 3.8) is 0 Å². The molecule has 1 amide bonds. The summed E-state index contributed by atoms with van der Waals surface area (Å²) in [6.07, 6.45) is 6.46. The van der Waals surface area contributed by atoms with Crippen LogP contribution in [0.15, 0.2) is 18.3 Å². The third kappa shape index (κ3) is 3.27. The number of pyridine rings is 1. The van der Waals surface area contributed by atoms with Crippen LogP contribution in [0.2, 0.25) is 0 Å². The van der Waals surface area contributed by atoms with E-state index in [0.29, 0.717) is 12.1 Å². The van der Waals surface area contributed by atoms with Crippen molar-refractivity contribution in [1.29, 1.82) is 0 Å². The Kier molecular flexibility index (Phi) is 5.39. The summed E-state index contributed by atoms with van der Waals surface area (Å²) in [5, 5.41) is 0. The second-order valence-corrected chi connectivity index (χ2v) is 6.98. The van der Waals surface area contributed by atoms with Gasteiger partial charge in [0.1, 0.15) is 5.82 Å². The molecule has 0 aromatic carbocycles. The van der Waals surface area contributed by atoms with Crippen molar-refractivity contribution in [2.75, 3.05) is 38.1 Å². The topological polar surface area (TPSA) is 39.7 Å². The maximum Gasteiger partial charge on any atom is 0.255 e. The van der Waals surface area contributed by atoms with Crippen molar-refractivity contribution in [2.45, 2.75) is 51.6 Å². The van der Waals surface area contributed by atoms with Gasteiger partial charge in [-0.2, -0.15) is 0 Å². The van der Waals surface area contributed by atoms with Crippen molar-refractivity contribution < 1.29 is 4.79 Å². The summed E-state index contributed by atoms with van der Waals surface area (Å²) in [6, 6.07) is 4.82. The van der Waals surface area contributed by atoms with E-state index in [-0.39, 0.29) is 5.91 Å². The summed E-state index contributed by atoms with van der Waals surface area (Å²) in [7, 11) is 2.19. The largest absolute Gasteiger partial charge is 0.357 e. The van der Waals surface area contributed by atoms with E-state index in [1.54, 1.807) is 6.20 Å². The molecule has 0 radical (unpaired) electrons. The predicted molar refractivity (Wildman–Crippen MR) is 97.5 cm³/mol. The van der Waals surface area contributed by atoms with E-state index in [2.05, 4.69) is 40.6 Å². The SMILES string of the molecule is CCN(CC)c1ccc(C(=O)N2CCC[C@@H]2[C@@H]2CCCN2C)cn1. The Morgan fingerprint density at radius 3 is 2.46 bits per heavy atom. The first-order chi connectivity index (χ1) is 11.7. The van der Waals surface area contributed by atoms with Crippen molar-refractivity contribution in [3.05, 3.63) is 23.9 Å². The zero-order valence-corrected chi connectivity index (χ0v) is 15.2. The van der Waals surface area contributed by atoms with Gasteiger partial charge in [0, 0.05) is 37.9 Å². The average molecular weight is 330 g/mol. The van der Waals surface area contributed by atoms with Crippen molar-refractivity contribution in [3.8, 4) is 0 Å². The molecule has 24 heavy (non-hydrogen) atoms. The number of likely N-dealkylation sites (tertiary alicyclic amines) is 2. The Labute approximate surface area is 145 Å². The number of hydrogen-bond donors (Lipinski definition) is 0. The fourth-order valence-corrected chi connectivity index (χ4v) is 4.28. The van der Waals surface area contributed by atoms with Crippen LogP contribution in [0, 0.1) is 0 Å². The normalized spacial score (nSPS) is 24.5. The first-order valence-corrected chi connectivity index (χ1v) is 9.38. The Bertz CT molecular complexity index is 555. The number of likely N-dealkylation sites (N-methyl/N-ethyl adjacent to an activating group) is 1. The number of aromatic nitrogens is 1. The molecule has 0 unspecified atom stereocenters.